The zero-order valence-corrected chi connectivity index (χ0v) is 19.5. The molecule has 0 aliphatic carbocycles. The number of aromatic nitrogens is 1. The van der Waals surface area contributed by atoms with Crippen LogP contribution < -0.4 is 10.2 Å². The third kappa shape index (κ3) is 8.24. The first-order valence-electron chi connectivity index (χ1n) is 10.8. The topological polar surface area (TPSA) is 66.7 Å². The van der Waals surface area contributed by atoms with Gasteiger partial charge in [0.05, 0.1) is 32.9 Å². The van der Waals surface area contributed by atoms with Crippen LogP contribution in [-0.2, 0) is 11.2 Å². The number of benzene rings is 1. The summed E-state index contributed by atoms with van der Waals surface area (Å²) in [5.41, 5.74) is 2.75. The van der Waals surface area contributed by atoms with Gasteiger partial charge in [0.1, 0.15) is 6.54 Å². The third-order valence-electron chi connectivity index (χ3n) is 4.89. The van der Waals surface area contributed by atoms with Crippen molar-refractivity contribution >= 4 is 28.3 Å². The van der Waals surface area contributed by atoms with E-state index in [9.17, 15) is 9.59 Å². The smallest absolute Gasteiger partial charge is 0.254 e. The lowest BCUT2D eigenvalue weighted by Gasteiger charge is -2.23. The largest absolute Gasteiger partial charge is 0.338 e. The highest BCUT2D eigenvalue weighted by Gasteiger charge is 2.20. The minimum absolute atomic E-state index is 0.0174. The van der Waals surface area contributed by atoms with Crippen molar-refractivity contribution in [3.8, 4) is 0 Å². The average molecular weight is 432 g/mol. The summed E-state index contributed by atoms with van der Waals surface area (Å²) in [6.45, 7) is 5.40. The first kappa shape index (κ1) is 24.0. The Kier molecular flexibility index (Phi) is 9.97. The van der Waals surface area contributed by atoms with E-state index >= 15 is 0 Å². The number of nitrogens with zero attached hydrogens (tertiary/aromatic N) is 2. The van der Waals surface area contributed by atoms with Crippen molar-refractivity contribution in [2.75, 3.05) is 39.0 Å². The Morgan fingerprint density at radius 2 is 1.87 bits per heavy atom. The van der Waals surface area contributed by atoms with E-state index in [1.165, 1.54) is 47.5 Å². The summed E-state index contributed by atoms with van der Waals surface area (Å²) in [6, 6.07) is 7.84. The van der Waals surface area contributed by atoms with Crippen LogP contribution in [0.2, 0.25) is 0 Å². The SMILES string of the molecule is CCCCCCc1ccc(C(=O)N(CC[NH+](C)C)CC(=O)Nc2nc(C)cs2)cc1. The van der Waals surface area contributed by atoms with E-state index in [4.69, 9.17) is 0 Å². The number of anilines is 1. The maximum Gasteiger partial charge on any atom is 0.254 e. The van der Waals surface area contributed by atoms with Crippen molar-refractivity contribution in [3.05, 3.63) is 46.5 Å². The van der Waals surface area contributed by atoms with Crippen LogP contribution in [0, 0.1) is 6.92 Å². The van der Waals surface area contributed by atoms with Crippen LogP contribution in [0.25, 0.3) is 0 Å². The van der Waals surface area contributed by atoms with Gasteiger partial charge in [0.25, 0.3) is 5.91 Å². The second-order valence-electron chi connectivity index (χ2n) is 8.03. The number of nitrogens with one attached hydrogen (secondary N) is 2. The van der Waals surface area contributed by atoms with Crippen molar-refractivity contribution < 1.29 is 14.5 Å². The lowest BCUT2D eigenvalue weighted by atomic mass is 10.0. The van der Waals surface area contributed by atoms with Crippen molar-refractivity contribution in [1.82, 2.24) is 9.88 Å². The van der Waals surface area contributed by atoms with Gasteiger partial charge in [0, 0.05) is 10.9 Å². The highest BCUT2D eigenvalue weighted by molar-refractivity contribution is 7.13. The monoisotopic (exact) mass is 431 g/mol. The normalized spacial score (nSPS) is 11.0. The van der Waals surface area contributed by atoms with Crippen LogP contribution >= 0.6 is 11.3 Å². The molecular weight excluding hydrogens is 396 g/mol. The minimum atomic E-state index is -0.223. The summed E-state index contributed by atoms with van der Waals surface area (Å²) in [7, 11) is 4.07. The molecule has 2 aromatic rings. The summed E-state index contributed by atoms with van der Waals surface area (Å²) in [6.07, 6.45) is 5.95. The van der Waals surface area contributed by atoms with Gasteiger partial charge < -0.3 is 15.1 Å². The molecule has 1 aromatic carbocycles. The molecule has 30 heavy (non-hydrogen) atoms. The number of likely N-dealkylation sites (N-methyl/N-ethyl adjacent to an activating group) is 1. The number of rotatable bonds is 12. The Bertz CT molecular complexity index is 802. The van der Waals surface area contributed by atoms with Gasteiger partial charge in [-0.15, -0.1) is 11.3 Å². The van der Waals surface area contributed by atoms with Crippen LogP contribution in [0.15, 0.2) is 29.6 Å². The van der Waals surface area contributed by atoms with E-state index in [0.29, 0.717) is 17.2 Å². The fourth-order valence-electron chi connectivity index (χ4n) is 3.11. The quantitative estimate of drug-likeness (QED) is 0.508. The molecule has 2 amide bonds. The Morgan fingerprint density at radius 1 is 1.13 bits per heavy atom. The fourth-order valence-corrected chi connectivity index (χ4v) is 3.81. The molecule has 0 unspecified atom stereocenters. The molecule has 6 nitrogen and oxygen atoms in total. The van der Waals surface area contributed by atoms with Gasteiger partial charge >= 0.3 is 0 Å². The molecule has 2 N–H and O–H groups in total. The van der Waals surface area contributed by atoms with Gasteiger partial charge in [-0.1, -0.05) is 38.3 Å². The number of unbranched alkanes of at least 4 members (excludes halogenated alkanes) is 3. The van der Waals surface area contributed by atoms with Gasteiger partial charge in [-0.05, 0) is 37.5 Å². The molecule has 0 radical (unpaired) electrons. The molecule has 1 heterocycles. The van der Waals surface area contributed by atoms with Crippen LogP contribution in [-0.4, -0.2) is 55.4 Å². The van der Waals surface area contributed by atoms with Gasteiger partial charge in [0.15, 0.2) is 5.13 Å². The number of thiazole rings is 1. The Morgan fingerprint density at radius 3 is 2.47 bits per heavy atom. The molecule has 164 valence electrons. The fraction of sp³-hybridized carbons (Fsp3) is 0.522. The van der Waals surface area contributed by atoms with Gasteiger partial charge in [0.2, 0.25) is 5.91 Å². The molecule has 1 aromatic heterocycles. The summed E-state index contributed by atoms with van der Waals surface area (Å²) >= 11 is 1.39. The number of aryl methyl sites for hydroxylation is 2. The second kappa shape index (κ2) is 12.4. The van der Waals surface area contributed by atoms with Crippen LogP contribution in [0.3, 0.4) is 0 Å². The Hall–Kier alpha value is -2.25. The molecule has 0 saturated heterocycles. The maximum atomic E-state index is 13.1. The standard InChI is InChI=1S/C23H34N4O2S/c1-5-6-7-8-9-19-10-12-20(13-11-19)22(29)27(15-14-26(3)4)16-21(28)25-23-24-18(2)17-30-23/h10-13,17H,5-9,14-16H2,1-4H3,(H,24,25,28)/p+1. The number of quaternary nitrogens is 1. The lowest BCUT2D eigenvalue weighted by molar-refractivity contribution is -0.857. The van der Waals surface area contributed by atoms with E-state index in [2.05, 4.69) is 17.2 Å². The van der Waals surface area contributed by atoms with Gasteiger partial charge in [-0.3, -0.25) is 9.59 Å². The Balaban J connectivity index is 2.00. The van der Waals surface area contributed by atoms with Crippen molar-refractivity contribution in [1.29, 1.82) is 0 Å². The predicted octanol–water partition coefficient (Wildman–Crippen LogP) is 2.80. The molecule has 7 heteroatoms. The highest BCUT2D eigenvalue weighted by atomic mass is 32.1. The van der Waals surface area contributed by atoms with E-state index in [1.54, 1.807) is 4.90 Å². The summed E-state index contributed by atoms with van der Waals surface area (Å²) < 4.78 is 0. The number of amides is 2. The molecule has 0 atom stereocenters. The summed E-state index contributed by atoms with van der Waals surface area (Å²) in [5.74, 6) is -0.335. The van der Waals surface area contributed by atoms with Crippen molar-refractivity contribution in [3.63, 3.8) is 0 Å². The number of carbonyl (C=O) groups is 2. The van der Waals surface area contributed by atoms with E-state index in [0.717, 1.165) is 18.7 Å². The molecule has 0 saturated carbocycles. The molecule has 0 spiro atoms. The maximum absolute atomic E-state index is 13.1. The zero-order chi connectivity index (χ0) is 21.9. The molecule has 2 rings (SSSR count). The number of hydrogen-bond donors (Lipinski definition) is 2. The third-order valence-corrected chi connectivity index (χ3v) is 5.76. The van der Waals surface area contributed by atoms with Crippen LogP contribution in [0.4, 0.5) is 5.13 Å². The lowest BCUT2D eigenvalue weighted by Crippen LogP contribution is -3.06. The minimum Gasteiger partial charge on any atom is -0.338 e. The zero-order valence-electron chi connectivity index (χ0n) is 18.7. The highest BCUT2D eigenvalue weighted by Crippen LogP contribution is 2.15. The number of hydrogen-bond acceptors (Lipinski definition) is 4. The van der Waals surface area contributed by atoms with E-state index in [1.807, 2.05) is 50.7 Å². The summed E-state index contributed by atoms with van der Waals surface area (Å²) in [4.78, 5) is 32.7. The summed E-state index contributed by atoms with van der Waals surface area (Å²) in [5, 5.41) is 5.25. The Labute approximate surface area is 184 Å². The molecule has 0 aliphatic heterocycles. The van der Waals surface area contributed by atoms with E-state index < -0.39 is 0 Å². The van der Waals surface area contributed by atoms with E-state index in [-0.39, 0.29) is 18.4 Å². The van der Waals surface area contributed by atoms with Gasteiger partial charge in [-0.2, -0.15) is 0 Å². The molecule has 0 aliphatic rings. The average Bonchev–Trinajstić information content (AvgIpc) is 3.12. The van der Waals surface area contributed by atoms with Crippen molar-refractivity contribution in [2.24, 2.45) is 0 Å². The number of carbonyl (C=O) groups excluding carboxylic acids is 2. The van der Waals surface area contributed by atoms with Crippen molar-refractivity contribution in [2.45, 2.75) is 46.0 Å². The van der Waals surface area contributed by atoms with Gasteiger partial charge in [-0.25, -0.2) is 4.98 Å². The molecular formula is C23H35N4O2S+. The second-order valence-corrected chi connectivity index (χ2v) is 8.89. The predicted molar refractivity (Wildman–Crippen MR) is 123 cm³/mol. The van der Waals surface area contributed by atoms with Crippen LogP contribution in [0.1, 0.15) is 54.2 Å². The van der Waals surface area contributed by atoms with Crippen LogP contribution in [0.5, 0.6) is 0 Å². The first-order valence-corrected chi connectivity index (χ1v) is 11.7. The first-order chi connectivity index (χ1) is 14.4. The molecule has 0 bridgehead atoms. The molecule has 0 fully saturated rings.